The second kappa shape index (κ2) is 3.64. The molecule has 1 aromatic carbocycles. The molecule has 2 rings (SSSR count). The van der Waals surface area contributed by atoms with Gasteiger partial charge in [-0.2, -0.15) is 0 Å². The van der Waals surface area contributed by atoms with E-state index in [0.717, 1.165) is 5.52 Å². The fraction of sp³-hybridized carbons (Fsp3) is 0.0909. The second-order valence-electron chi connectivity index (χ2n) is 3.42. The summed E-state index contributed by atoms with van der Waals surface area (Å²) in [5, 5.41) is 9.56. The lowest BCUT2D eigenvalue weighted by Crippen LogP contribution is -2.12. The van der Waals surface area contributed by atoms with E-state index in [1.165, 1.54) is 6.07 Å². The van der Waals surface area contributed by atoms with Crippen LogP contribution in [-0.4, -0.2) is 21.4 Å². The highest BCUT2D eigenvalue weighted by Gasteiger charge is 2.20. The fourth-order valence-electron chi connectivity index (χ4n) is 1.69. The maximum Gasteiger partial charge on any atom is 0.377 e. The molecule has 0 radical (unpaired) electrons. The van der Waals surface area contributed by atoms with Gasteiger partial charge in [-0.25, -0.2) is 4.79 Å². The first-order chi connectivity index (χ1) is 7.52. The van der Waals surface area contributed by atoms with Crippen molar-refractivity contribution in [1.82, 2.24) is 4.57 Å². The summed E-state index contributed by atoms with van der Waals surface area (Å²) in [6.45, 7) is 0. The summed E-state index contributed by atoms with van der Waals surface area (Å²) in [5.41, 5.74) is 0.854. The number of rotatable bonds is 2. The lowest BCUT2D eigenvalue weighted by Gasteiger charge is -2.00. The number of carboxylic acids is 1. The number of aliphatic carboxylic acids is 1. The largest absolute Gasteiger partial charge is 0.475 e. The van der Waals surface area contributed by atoms with Crippen molar-refractivity contribution in [3.05, 3.63) is 35.0 Å². The van der Waals surface area contributed by atoms with E-state index in [0.29, 0.717) is 10.4 Å². The number of hydrogen-bond donors (Lipinski definition) is 1. The van der Waals surface area contributed by atoms with Crippen molar-refractivity contribution in [1.29, 1.82) is 0 Å². The molecule has 0 aliphatic carbocycles. The average Bonchev–Trinajstić information content (AvgIpc) is 2.54. The van der Waals surface area contributed by atoms with Gasteiger partial charge in [0.2, 0.25) is 0 Å². The number of carbonyl (C=O) groups is 2. The molecular weight excluding hydrogens is 230 g/mol. The smallest absolute Gasteiger partial charge is 0.377 e. The number of fused-ring (bicyclic) bond motifs is 1. The van der Waals surface area contributed by atoms with Crippen LogP contribution in [0, 0.1) is 0 Å². The SMILES string of the molecule is Cn1cc(Cl)c2c(C(=O)C(=O)O)cccc21. The van der Waals surface area contributed by atoms with Crippen molar-refractivity contribution >= 4 is 34.3 Å². The van der Waals surface area contributed by atoms with E-state index >= 15 is 0 Å². The summed E-state index contributed by atoms with van der Waals surface area (Å²) in [4.78, 5) is 22.1. The standard InChI is InChI=1S/C11H8ClNO3/c1-13-5-7(12)9-6(10(14)11(15)16)3-2-4-8(9)13/h2-5H,1H3,(H,15,16). The Labute approximate surface area is 96.0 Å². The van der Waals surface area contributed by atoms with Gasteiger partial charge in [0.05, 0.1) is 10.5 Å². The lowest BCUT2D eigenvalue weighted by atomic mass is 10.1. The average molecular weight is 238 g/mol. The summed E-state index contributed by atoms with van der Waals surface area (Å²) in [5.74, 6) is -2.42. The number of carbonyl (C=O) groups excluding carboxylic acids is 1. The van der Waals surface area contributed by atoms with E-state index < -0.39 is 11.8 Å². The van der Waals surface area contributed by atoms with Crippen LogP contribution in [0.15, 0.2) is 24.4 Å². The van der Waals surface area contributed by atoms with Gasteiger partial charge in [-0.3, -0.25) is 4.79 Å². The Kier molecular flexibility index (Phi) is 2.44. The zero-order valence-corrected chi connectivity index (χ0v) is 9.15. The van der Waals surface area contributed by atoms with Crippen molar-refractivity contribution in [3.8, 4) is 0 Å². The topological polar surface area (TPSA) is 59.3 Å². The minimum Gasteiger partial charge on any atom is -0.475 e. The van der Waals surface area contributed by atoms with Crippen LogP contribution in [0.25, 0.3) is 10.9 Å². The predicted octanol–water partition coefficient (Wildman–Crippen LogP) is 2.10. The van der Waals surface area contributed by atoms with Crippen LogP contribution in [0.4, 0.5) is 0 Å². The first-order valence-electron chi connectivity index (χ1n) is 4.53. The molecule has 5 heteroatoms. The number of carboxylic acid groups (broad SMARTS) is 1. The molecular formula is C11H8ClNO3. The highest BCUT2D eigenvalue weighted by Crippen LogP contribution is 2.28. The molecule has 0 fully saturated rings. The molecule has 0 saturated carbocycles. The quantitative estimate of drug-likeness (QED) is 0.643. The van der Waals surface area contributed by atoms with Gasteiger partial charge in [0.1, 0.15) is 0 Å². The van der Waals surface area contributed by atoms with E-state index in [-0.39, 0.29) is 5.56 Å². The summed E-state index contributed by atoms with van der Waals surface area (Å²) in [7, 11) is 1.78. The molecule has 0 aliphatic heterocycles. The van der Waals surface area contributed by atoms with Crippen molar-refractivity contribution in [2.75, 3.05) is 0 Å². The van der Waals surface area contributed by atoms with Crippen molar-refractivity contribution in [2.24, 2.45) is 7.05 Å². The lowest BCUT2D eigenvalue weighted by molar-refractivity contribution is -0.131. The molecule has 1 heterocycles. The van der Waals surface area contributed by atoms with Gasteiger partial charge in [-0.05, 0) is 12.1 Å². The second-order valence-corrected chi connectivity index (χ2v) is 3.83. The molecule has 82 valence electrons. The van der Waals surface area contributed by atoms with E-state index in [2.05, 4.69) is 0 Å². The summed E-state index contributed by atoms with van der Waals surface area (Å²) in [6.07, 6.45) is 1.64. The molecule has 2 aromatic rings. The number of aryl methyl sites for hydroxylation is 1. The third-order valence-electron chi connectivity index (χ3n) is 2.41. The zero-order valence-electron chi connectivity index (χ0n) is 8.40. The molecule has 0 saturated heterocycles. The van der Waals surface area contributed by atoms with Gasteiger partial charge >= 0.3 is 5.97 Å². The molecule has 1 N–H and O–H groups in total. The number of benzene rings is 1. The Morgan fingerprint density at radius 3 is 2.69 bits per heavy atom. The number of aromatic nitrogens is 1. The van der Waals surface area contributed by atoms with Crippen LogP contribution in [0.2, 0.25) is 5.02 Å². The predicted molar refractivity (Wildman–Crippen MR) is 59.9 cm³/mol. The Morgan fingerprint density at radius 2 is 2.06 bits per heavy atom. The molecule has 0 bridgehead atoms. The molecule has 0 atom stereocenters. The molecule has 4 nitrogen and oxygen atoms in total. The van der Waals surface area contributed by atoms with Gasteiger partial charge in [-0.1, -0.05) is 17.7 Å². The summed E-state index contributed by atoms with van der Waals surface area (Å²) in [6, 6.07) is 4.87. The minimum atomic E-state index is -1.48. The molecule has 1 aromatic heterocycles. The van der Waals surface area contributed by atoms with Crippen molar-refractivity contribution < 1.29 is 14.7 Å². The molecule has 0 unspecified atom stereocenters. The van der Waals surface area contributed by atoms with Gasteiger partial charge in [0, 0.05) is 24.2 Å². The Hall–Kier alpha value is -1.81. The zero-order chi connectivity index (χ0) is 11.9. The third kappa shape index (κ3) is 1.47. The highest BCUT2D eigenvalue weighted by molar-refractivity contribution is 6.45. The number of Topliss-reactive ketones (excluding diaryl/α,β-unsaturated/α-hetero) is 1. The van der Waals surface area contributed by atoms with E-state index in [4.69, 9.17) is 16.7 Å². The van der Waals surface area contributed by atoms with E-state index in [1.54, 1.807) is 29.9 Å². The molecule has 0 amide bonds. The van der Waals surface area contributed by atoms with Crippen molar-refractivity contribution in [3.63, 3.8) is 0 Å². The van der Waals surface area contributed by atoms with Crippen molar-refractivity contribution in [2.45, 2.75) is 0 Å². The normalized spacial score (nSPS) is 10.6. The fourth-order valence-corrected chi connectivity index (χ4v) is 2.04. The Balaban J connectivity index is 2.80. The van der Waals surface area contributed by atoms with Crippen LogP contribution in [0.1, 0.15) is 10.4 Å². The molecule has 0 spiro atoms. The maximum absolute atomic E-state index is 11.5. The van der Waals surface area contributed by atoms with Crippen LogP contribution in [0.3, 0.4) is 0 Å². The Morgan fingerprint density at radius 1 is 1.38 bits per heavy atom. The number of hydrogen-bond acceptors (Lipinski definition) is 2. The van der Waals surface area contributed by atoms with Gasteiger partial charge in [0.15, 0.2) is 0 Å². The van der Waals surface area contributed by atoms with Gasteiger partial charge < -0.3 is 9.67 Å². The minimum absolute atomic E-state index is 0.121. The monoisotopic (exact) mass is 237 g/mol. The van der Waals surface area contributed by atoms with Gasteiger partial charge in [0.25, 0.3) is 5.78 Å². The molecule has 16 heavy (non-hydrogen) atoms. The number of halogens is 1. The maximum atomic E-state index is 11.5. The van der Waals surface area contributed by atoms with Crippen LogP contribution < -0.4 is 0 Å². The first-order valence-corrected chi connectivity index (χ1v) is 4.91. The van der Waals surface area contributed by atoms with E-state index in [9.17, 15) is 9.59 Å². The third-order valence-corrected chi connectivity index (χ3v) is 2.69. The number of nitrogens with zero attached hydrogens (tertiary/aromatic N) is 1. The molecule has 0 aliphatic rings. The van der Waals surface area contributed by atoms with Crippen LogP contribution >= 0.6 is 11.6 Å². The van der Waals surface area contributed by atoms with Gasteiger partial charge in [-0.15, -0.1) is 0 Å². The van der Waals surface area contributed by atoms with Crippen LogP contribution in [-0.2, 0) is 11.8 Å². The first kappa shape index (κ1) is 10.7. The summed E-state index contributed by atoms with van der Waals surface area (Å²) < 4.78 is 1.75. The number of ketones is 1. The van der Waals surface area contributed by atoms with E-state index in [1.807, 2.05) is 0 Å². The summed E-state index contributed by atoms with van der Waals surface area (Å²) >= 11 is 5.97. The van der Waals surface area contributed by atoms with Crippen LogP contribution in [0.5, 0.6) is 0 Å². The Bertz CT molecular complexity index is 601. The highest BCUT2D eigenvalue weighted by atomic mass is 35.5.